The predicted octanol–water partition coefficient (Wildman–Crippen LogP) is 4.13. The molecule has 2 amide bonds. The van der Waals surface area contributed by atoms with Crippen molar-refractivity contribution in [2.45, 2.75) is 26.2 Å². The van der Waals surface area contributed by atoms with Crippen molar-refractivity contribution in [2.24, 2.45) is 5.92 Å². The summed E-state index contributed by atoms with van der Waals surface area (Å²) in [7, 11) is 1.98. The van der Waals surface area contributed by atoms with Gasteiger partial charge in [-0.25, -0.2) is 0 Å². The lowest BCUT2D eigenvalue weighted by Crippen LogP contribution is -2.39. The molecule has 2 N–H and O–H groups in total. The molecule has 5 nitrogen and oxygen atoms in total. The van der Waals surface area contributed by atoms with Gasteiger partial charge in [-0.3, -0.25) is 9.59 Å². The highest BCUT2D eigenvalue weighted by molar-refractivity contribution is 6.05. The van der Waals surface area contributed by atoms with E-state index in [1.807, 2.05) is 49.2 Å². The second-order valence-electron chi connectivity index (χ2n) is 7.48. The van der Waals surface area contributed by atoms with Crippen LogP contribution in [0.3, 0.4) is 0 Å². The first kappa shape index (κ1) is 22.9. The number of likely N-dealkylation sites (tertiary alicyclic amines) is 1. The highest BCUT2D eigenvalue weighted by Gasteiger charge is 2.23. The maximum Gasteiger partial charge on any atom is 0.255 e. The maximum absolute atomic E-state index is 12.9. The molecular weight excluding hydrogens is 386 g/mol. The number of rotatable bonds is 6. The summed E-state index contributed by atoms with van der Waals surface area (Å²) < 4.78 is 0. The summed E-state index contributed by atoms with van der Waals surface area (Å²) in [6.45, 7) is 4.56. The molecule has 0 bridgehead atoms. The first-order chi connectivity index (χ1) is 13.6. The van der Waals surface area contributed by atoms with Crippen LogP contribution in [0.25, 0.3) is 0 Å². The van der Waals surface area contributed by atoms with Crippen LogP contribution in [0.5, 0.6) is 0 Å². The molecule has 6 heteroatoms. The van der Waals surface area contributed by atoms with E-state index < -0.39 is 0 Å². The molecule has 0 aliphatic carbocycles. The lowest BCUT2D eigenvalue weighted by atomic mass is 9.93. The summed E-state index contributed by atoms with van der Waals surface area (Å²) in [5, 5.41) is 6.14. The van der Waals surface area contributed by atoms with Crippen LogP contribution in [0.1, 0.15) is 45.5 Å². The Balaban J connectivity index is 0.00000300. The number of nitrogens with zero attached hydrogens (tertiary/aromatic N) is 1. The number of hydrogen-bond donors (Lipinski definition) is 2. The average molecular weight is 416 g/mol. The first-order valence-electron chi connectivity index (χ1n) is 9.99. The van der Waals surface area contributed by atoms with Crippen LogP contribution < -0.4 is 10.6 Å². The Kier molecular flexibility index (Phi) is 8.68. The van der Waals surface area contributed by atoms with E-state index in [1.165, 1.54) is 6.42 Å². The van der Waals surface area contributed by atoms with E-state index in [1.54, 1.807) is 18.2 Å². The second-order valence-corrected chi connectivity index (χ2v) is 7.48. The van der Waals surface area contributed by atoms with Crippen molar-refractivity contribution in [3.8, 4) is 0 Å². The van der Waals surface area contributed by atoms with Crippen molar-refractivity contribution >= 4 is 29.9 Å². The average Bonchev–Trinajstić information content (AvgIpc) is 2.74. The molecule has 156 valence electrons. The molecule has 29 heavy (non-hydrogen) atoms. The number of halogens is 1. The molecule has 2 aromatic carbocycles. The van der Waals surface area contributed by atoms with Gasteiger partial charge in [0.2, 0.25) is 0 Å². The topological polar surface area (TPSA) is 61.4 Å². The first-order valence-corrected chi connectivity index (χ1v) is 9.99. The van der Waals surface area contributed by atoms with Gasteiger partial charge in [0.05, 0.1) is 0 Å². The summed E-state index contributed by atoms with van der Waals surface area (Å²) in [5.74, 6) is 0.566. The zero-order valence-corrected chi connectivity index (χ0v) is 17.9. The summed E-state index contributed by atoms with van der Waals surface area (Å²) in [6.07, 6.45) is 3.27. The van der Waals surface area contributed by atoms with Gasteiger partial charge in [0.15, 0.2) is 0 Å². The number of hydrogen-bond acceptors (Lipinski definition) is 3. The van der Waals surface area contributed by atoms with Crippen molar-refractivity contribution in [3.05, 3.63) is 65.2 Å². The normalized spacial score (nSPS) is 14.2. The van der Waals surface area contributed by atoms with Crippen molar-refractivity contribution in [3.63, 3.8) is 0 Å². The molecule has 0 spiro atoms. The third-order valence-electron chi connectivity index (χ3n) is 5.47. The van der Waals surface area contributed by atoms with Gasteiger partial charge in [-0.15, -0.1) is 12.4 Å². The van der Waals surface area contributed by atoms with E-state index >= 15 is 0 Å². The number of amides is 2. The van der Waals surface area contributed by atoms with Crippen LogP contribution in [-0.4, -0.2) is 43.4 Å². The van der Waals surface area contributed by atoms with Gasteiger partial charge in [0, 0.05) is 29.9 Å². The molecule has 0 aromatic heterocycles. The fourth-order valence-electron chi connectivity index (χ4n) is 3.63. The van der Waals surface area contributed by atoms with Crippen molar-refractivity contribution in [2.75, 3.05) is 32.0 Å². The molecule has 0 radical (unpaired) electrons. The molecule has 0 unspecified atom stereocenters. The summed E-state index contributed by atoms with van der Waals surface area (Å²) in [4.78, 5) is 27.3. The molecule has 1 heterocycles. The zero-order chi connectivity index (χ0) is 19.9. The van der Waals surface area contributed by atoms with Crippen LogP contribution in [0.2, 0.25) is 0 Å². The predicted molar refractivity (Wildman–Crippen MR) is 120 cm³/mol. The number of nitrogens with one attached hydrogen (secondary N) is 2. The summed E-state index contributed by atoms with van der Waals surface area (Å²) in [5.41, 5.74) is 2.85. The van der Waals surface area contributed by atoms with Gasteiger partial charge >= 0.3 is 0 Å². The van der Waals surface area contributed by atoms with Crippen LogP contribution >= 0.6 is 12.4 Å². The highest BCUT2D eigenvalue weighted by Crippen LogP contribution is 2.24. The summed E-state index contributed by atoms with van der Waals surface area (Å²) >= 11 is 0. The Morgan fingerprint density at radius 3 is 2.38 bits per heavy atom. The van der Waals surface area contributed by atoms with Crippen LogP contribution in [0.4, 0.5) is 5.69 Å². The Hall–Kier alpha value is -2.37. The molecule has 1 aliphatic heterocycles. The third-order valence-corrected chi connectivity index (χ3v) is 5.47. The minimum absolute atomic E-state index is 0. The van der Waals surface area contributed by atoms with E-state index in [0.717, 1.165) is 38.0 Å². The van der Waals surface area contributed by atoms with Crippen LogP contribution in [-0.2, 0) is 0 Å². The van der Waals surface area contributed by atoms with E-state index in [4.69, 9.17) is 0 Å². The lowest BCUT2D eigenvalue weighted by Gasteiger charge is -2.32. The van der Waals surface area contributed by atoms with E-state index in [9.17, 15) is 9.59 Å². The minimum atomic E-state index is -0.168. The van der Waals surface area contributed by atoms with Gasteiger partial charge in [0.25, 0.3) is 11.8 Å². The number of piperidine rings is 1. The Morgan fingerprint density at radius 1 is 1.03 bits per heavy atom. The lowest BCUT2D eigenvalue weighted by molar-refractivity contribution is 0.0687. The third kappa shape index (κ3) is 6.05. The van der Waals surface area contributed by atoms with E-state index in [-0.39, 0.29) is 24.2 Å². The number of carbonyl (C=O) groups is 2. The Bertz CT molecular complexity index is 818. The maximum atomic E-state index is 12.9. The van der Waals surface area contributed by atoms with E-state index in [0.29, 0.717) is 22.7 Å². The molecular formula is C23H30ClN3O2. The SMILES string of the molecule is CNCCC1CCN(C(=O)c2ccc(C)c(NC(=O)c3ccccc3)c2)CC1.Cl. The van der Waals surface area contributed by atoms with Gasteiger partial charge in [0.1, 0.15) is 0 Å². The monoisotopic (exact) mass is 415 g/mol. The molecule has 1 saturated heterocycles. The second kappa shape index (κ2) is 11.0. The van der Waals surface area contributed by atoms with Gasteiger partial charge in [-0.05, 0) is 75.5 Å². The van der Waals surface area contributed by atoms with Crippen molar-refractivity contribution < 1.29 is 9.59 Å². The molecule has 3 rings (SSSR count). The van der Waals surface area contributed by atoms with Gasteiger partial charge in [-0.2, -0.15) is 0 Å². The zero-order valence-electron chi connectivity index (χ0n) is 17.1. The fraction of sp³-hybridized carbons (Fsp3) is 0.391. The van der Waals surface area contributed by atoms with Crippen molar-refractivity contribution in [1.82, 2.24) is 10.2 Å². The highest BCUT2D eigenvalue weighted by atomic mass is 35.5. The van der Waals surface area contributed by atoms with E-state index in [2.05, 4.69) is 10.6 Å². The standard InChI is InChI=1S/C23H29N3O2.ClH/c1-17-8-9-20(16-21(17)25-22(27)19-6-4-3-5-7-19)23(28)26-14-11-18(12-15-26)10-13-24-2;/h3-9,16,18,24H,10-15H2,1-2H3,(H,25,27);1H. The van der Waals surface area contributed by atoms with Crippen LogP contribution in [0.15, 0.2) is 48.5 Å². The summed E-state index contributed by atoms with van der Waals surface area (Å²) in [6, 6.07) is 14.6. The van der Waals surface area contributed by atoms with Gasteiger partial charge < -0.3 is 15.5 Å². The van der Waals surface area contributed by atoms with Crippen molar-refractivity contribution in [1.29, 1.82) is 0 Å². The largest absolute Gasteiger partial charge is 0.339 e. The number of aryl methyl sites for hydroxylation is 1. The number of benzene rings is 2. The molecule has 0 atom stereocenters. The quantitative estimate of drug-likeness (QED) is 0.745. The molecule has 2 aromatic rings. The molecule has 0 saturated carbocycles. The molecule has 1 fully saturated rings. The smallest absolute Gasteiger partial charge is 0.255 e. The fourth-order valence-corrected chi connectivity index (χ4v) is 3.63. The Morgan fingerprint density at radius 2 is 1.72 bits per heavy atom. The van der Waals surface area contributed by atoms with Gasteiger partial charge in [-0.1, -0.05) is 24.3 Å². The molecule has 1 aliphatic rings. The Labute approximate surface area is 179 Å². The van der Waals surface area contributed by atoms with Crippen LogP contribution in [0, 0.1) is 12.8 Å². The minimum Gasteiger partial charge on any atom is -0.339 e. The number of carbonyl (C=O) groups excluding carboxylic acids is 2. The number of anilines is 1.